The first kappa shape index (κ1) is 19.3. The number of amides is 1. The van der Waals surface area contributed by atoms with Gasteiger partial charge in [0, 0.05) is 9.40 Å². The van der Waals surface area contributed by atoms with E-state index in [0.717, 1.165) is 38.3 Å². The average Bonchev–Trinajstić information content (AvgIpc) is 3.17. The second kappa shape index (κ2) is 7.43. The normalized spacial score (nSPS) is 16.4. The molecular weight excluding hydrogens is 445 g/mol. The SMILES string of the molecule is O=C1/C(=C/c2cccc(C(F)(F)F)c2)SC(=S)N1N=c1sc2ccccc2s1. The van der Waals surface area contributed by atoms with Crippen LogP contribution in [0.4, 0.5) is 13.2 Å². The number of hydrogen-bond donors (Lipinski definition) is 0. The number of fused-ring (bicyclic) bond motifs is 1. The highest BCUT2D eigenvalue weighted by molar-refractivity contribution is 8.26. The molecule has 1 aliphatic rings. The molecule has 3 aromatic rings. The Labute approximate surface area is 174 Å². The maximum atomic E-state index is 12.9. The summed E-state index contributed by atoms with van der Waals surface area (Å²) >= 11 is 9.14. The molecule has 3 nitrogen and oxygen atoms in total. The van der Waals surface area contributed by atoms with E-state index in [1.807, 2.05) is 24.3 Å². The molecule has 1 amide bonds. The molecular formula is C18H9F3N2OS4. The molecule has 1 saturated heterocycles. The Bertz CT molecular complexity index is 1160. The molecule has 28 heavy (non-hydrogen) atoms. The molecule has 4 rings (SSSR count). The molecule has 0 unspecified atom stereocenters. The van der Waals surface area contributed by atoms with Gasteiger partial charge in [0.1, 0.15) is 0 Å². The first-order chi connectivity index (χ1) is 13.3. The van der Waals surface area contributed by atoms with Gasteiger partial charge >= 0.3 is 6.18 Å². The van der Waals surface area contributed by atoms with Crippen LogP contribution in [0.25, 0.3) is 15.5 Å². The van der Waals surface area contributed by atoms with E-state index < -0.39 is 17.6 Å². The van der Waals surface area contributed by atoms with Crippen LogP contribution in [0.15, 0.2) is 58.5 Å². The molecule has 0 N–H and O–H groups in total. The maximum Gasteiger partial charge on any atom is 0.416 e. The van der Waals surface area contributed by atoms with E-state index in [1.54, 1.807) is 0 Å². The number of carbonyl (C=O) groups is 1. The Kier molecular flexibility index (Phi) is 5.13. The summed E-state index contributed by atoms with van der Waals surface area (Å²) in [5, 5.41) is 5.47. The van der Waals surface area contributed by atoms with Crippen LogP contribution in [0.5, 0.6) is 0 Å². The number of hydrogen-bond acceptors (Lipinski definition) is 6. The molecule has 0 spiro atoms. The third-order valence-electron chi connectivity index (χ3n) is 3.71. The highest BCUT2D eigenvalue weighted by atomic mass is 32.2. The van der Waals surface area contributed by atoms with E-state index in [4.69, 9.17) is 12.2 Å². The van der Waals surface area contributed by atoms with Crippen molar-refractivity contribution in [2.45, 2.75) is 6.18 Å². The Morgan fingerprint density at radius 2 is 1.71 bits per heavy atom. The average molecular weight is 455 g/mol. The van der Waals surface area contributed by atoms with E-state index >= 15 is 0 Å². The van der Waals surface area contributed by atoms with E-state index in [2.05, 4.69) is 5.10 Å². The van der Waals surface area contributed by atoms with Gasteiger partial charge in [-0.15, -0.1) is 27.8 Å². The fraction of sp³-hybridized carbons (Fsp3) is 0.0556. The number of alkyl halides is 3. The highest BCUT2D eigenvalue weighted by Crippen LogP contribution is 2.34. The molecule has 142 valence electrons. The first-order valence-corrected chi connectivity index (χ1v) is 10.7. The van der Waals surface area contributed by atoms with Crippen LogP contribution in [0, 0.1) is 0 Å². The van der Waals surface area contributed by atoms with E-state index in [1.165, 1.54) is 40.9 Å². The molecule has 0 bridgehead atoms. The van der Waals surface area contributed by atoms with Crippen molar-refractivity contribution in [2.24, 2.45) is 5.10 Å². The summed E-state index contributed by atoms with van der Waals surface area (Å²) in [7, 11) is 0. The fourth-order valence-electron chi connectivity index (χ4n) is 2.45. The lowest BCUT2D eigenvalue weighted by molar-refractivity contribution is -0.137. The second-order valence-electron chi connectivity index (χ2n) is 5.63. The molecule has 1 fully saturated rings. The first-order valence-electron chi connectivity index (χ1n) is 7.80. The Morgan fingerprint density at radius 1 is 1.04 bits per heavy atom. The van der Waals surface area contributed by atoms with Crippen molar-refractivity contribution in [3.63, 3.8) is 0 Å². The summed E-state index contributed by atoms with van der Waals surface area (Å²) in [6.07, 6.45) is -3.04. The van der Waals surface area contributed by atoms with Crippen molar-refractivity contribution in [1.29, 1.82) is 0 Å². The lowest BCUT2D eigenvalue weighted by Crippen LogP contribution is -2.23. The van der Waals surface area contributed by atoms with Gasteiger partial charge in [0.15, 0.2) is 8.31 Å². The van der Waals surface area contributed by atoms with Gasteiger partial charge < -0.3 is 0 Å². The Hall–Kier alpha value is -2.01. The molecule has 0 radical (unpaired) electrons. The zero-order valence-electron chi connectivity index (χ0n) is 13.8. The fourth-order valence-corrected chi connectivity index (χ4v) is 5.82. The van der Waals surface area contributed by atoms with Crippen LogP contribution < -0.4 is 3.98 Å². The van der Waals surface area contributed by atoms with Gasteiger partial charge in [-0.05, 0) is 48.1 Å². The smallest absolute Gasteiger partial charge is 0.266 e. The van der Waals surface area contributed by atoms with Gasteiger partial charge in [0.05, 0.1) is 10.5 Å². The molecule has 2 aromatic carbocycles. The Morgan fingerprint density at radius 3 is 2.36 bits per heavy atom. The van der Waals surface area contributed by atoms with Crippen molar-refractivity contribution in [3.8, 4) is 0 Å². The number of carbonyl (C=O) groups excluding carboxylic acids is 1. The van der Waals surface area contributed by atoms with Crippen molar-refractivity contribution in [1.82, 2.24) is 5.01 Å². The van der Waals surface area contributed by atoms with Gasteiger partial charge in [-0.3, -0.25) is 4.79 Å². The summed E-state index contributed by atoms with van der Waals surface area (Å²) in [5.41, 5.74) is -0.492. The van der Waals surface area contributed by atoms with Crippen molar-refractivity contribution < 1.29 is 18.0 Å². The predicted octanol–water partition coefficient (Wildman–Crippen LogP) is 5.70. The number of rotatable bonds is 2. The molecule has 1 aliphatic heterocycles. The van der Waals surface area contributed by atoms with Crippen LogP contribution >= 0.6 is 46.7 Å². The largest absolute Gasteiger partial charge is 0.416 e. The predicted molar refractivity (Wildman–Crippen MR) is 112 cm³/mol. The van der Waals surface area contributed by atoms with Crippen molar-refractivity contribution in [3.05, 3.63) is 68.5 Å². The van der Waals surface area contributed by atoms with Crippen LogP contribution in [0.2, 0.25) is 0 Å². The van der Waals surface area contributed by atoms with Crippen LogP contribution in [-0.2, 0) is 11.0 Å². The van der Waals surface area contributed by atoms with Gasteiger partial charge in [-0.1, -0.05) is 36.0 Å². The van der Waals surface area contributed by atoms with E-state index in [9.17, 15) is 18.0 Å². The number of halogens is 3. The standard InChI is InChI=1S/C18H9F3N2OS4/c19-18(20,21)11-5-3-4-10(8-11)9-14-15(24)23(17(25)28-14)22-16-26-12-6-1-2-7-13(12)27-16/h1-9H/b14-9-. The zero-order chi connectivity index (χ0) is 19.9. The maximum absolute atomic E-state index is 12.9. The summed E-state index contributed by atoms with van der Waals surface area (Å²) in [5.74, 6) is -0.447. The lowest BCUT2D eigenvalue weighted by Gasteiger charge is -2.07. The molecule has 0 atom stereocenters. The zero-order valence-corrected chi connectivity index (χ0v) is 17.0. The topological polar surface area (TPSA) is 32.7 Å². The molecule has 0 saturated carbocycles. The minimum atomic E-state index is -4.44. The monoisotopic (exact) mass is 454 g/mol. The molecule has 0 aliphatic carbocycles. The van der Waals surface area contributed by atoms with E-state index in [0.29, 0.717) is 3.98 Å². The van der Waals surface area contributed by atoms with Crippen molar-refractivity contribution in [2.75, 3.05) is 0 Å². The van der Waals surface area contributed by atoms with Gasteiger partial charge in [0.25, 0.3) is 5.91 Å². The van der Waals surface area contributed by atoms with Gasteiger partial charge in [-0.25, -0.2) is 0 Å². The molecule has 10 heteroatoms. The quantitative estimate of drug-likeness (QED) is 0.368. The Balaban J connectivity index is 1.66. The summed E-state index contributed by atoms with van der Waals surface area (Å²) in [6.45, 7) is 0. The number of nitrogens with zero attached hydrogens (tertiary/aromatic N) is 2. The number of thiocarbonyl (C=S) groups is 1. The third kappa shape index (κ3) is 3.90. The van der Waals surface area contributed by atoms with Crippen LogP contribution in [-0.4, -0.2) is 15.2 Å². The molecule has 1 aromatic heterocycles. The second-order valence-corrected chi connectivity index (χ2v) is 9.63. The summed E-state index contributed by atoms with van der Waals surface area (Å²) in [4.78, 5) is 12.9. The minimum Gasteiger partial charge on any atom is -0.266 e. The van der Waals surface area contributed by atoms with Gasteiger partial charge in [0.2, 0.25) is 0 Å². The van der Waals surface area contributed by atoms with Crippen molar-refractivity contribution >= 4 is 72.4 Å². The summed E-state index contributed by atoms with van der Waals surface area (Å²) in [6, 6.07) is 12.6. The highest BCUT2D eigenvalue weighted by Gasteiger charge is 2.33. The van der Waals surface area contributed by atoms with Crippen LogP contribution in [0.1, 0.15) is 11.1 Å². The minimum absolute atomic E-state index is 0.235. The van der Waals surface area contributed by atoms with E-state index in [-0.39, 0.29) is 14.8 Å². The third-order valence-corrected chi connectivity index (χ3v) is 7.29. The van der Waals surface area contributed by atoms with Crippen LogP contribution in [0.3, 0.4) is 0 Å². The lowest BCUT2D eigenvalue weighted by atomic mass is 10.1. The summed E-state index contributed by atoms with van der Waals surface area (Å²) < 4.78 is 41.6. The van der Waals surface area contributed by atoms with Gasteiger partial charge in [-0.2, -0.15) is 18.2 Å². The number of benzene rings is 2. The number of thioether (sulfide) groups is 1. The molecule has 2 heterocycles.